The van der Waals surface area contributed by atoms with E-state index >= 15 is 0 Å². The van der Waals surface area contributed by atoms with Gasteiger partial charge in [-0.05, 0) is 6.42 Å². The van der Waals surface area contributed by atoms with Gasteiger partial charge in [-0.1, -0.05) is 5.16 Å². The van der Waals surface area contributed by atoms with Crippen LogP contribution in [0.5, 0.6) is 0 Å². The van der Waals surface area contributed by atoms with Crippen molar-refractivity contribution in [3.63, 3.8) is 0 Å². The normalized spacial score (nSPS) is 14.4. The molecule has 0 saturated carbocycles. The molecule has 0 aromatic carbocycles. The first kappa shape index (κ1) is 20.3. The molecule has 25 heavy (non-hydrogen) atoms. The minimum atomic E-state index is -1.54. The first-order chi connectivity index (χ1) is 11.8. The van der Waals surface area contributed by atoms with Crippen LogP contribution in [-0.4, -0.2) is 67.8 Å². The highest BCUT2D eigenvalue weighted by Crippen LogP contribution is 2.18. The van der Waals surface area contributed by atoms with Crippen molar-refractivity contribution >= 4 is 18.0 Å². The lowest BCUT2D eigenvalue weighted by Crippen LogP contribution is -2.48. The van der Waals surface area contributed by atoms with E-state index in [-0.39, 0.29) is 24.6 Å². The number of aliphatic carboxylic acids is 2. The van der Waals surface area contributed by atoms with Gasteiger partial charge in [-0.3, -0.25) is 4.79 Å². The van der Waals surface area contributed by atoms with E-state index in [0.29, 0.717) is 0 Å². The lowest BCUT2D eigenvalue weighted by molar-refractivity contribution is -0.140. The average Bonchev–Trinajstić information content (AvgIpc) is 3.05. The molecule has 0 spiro atoms. The van der Waals surface area contributed by atoms with Crippen LogP contribution in [-0.2, 0) is 9.59 Å². The second kappa shape index (κ2) is 9.51. The van der Waals surface area contributed by atoms with E-state index in [2.05, 4.69) is 15.5 Å². The molecule has 0 aliphatic rings. The van der Waals surface area contributed by atoms with E-state index in [1.165, 1.54) is 0 Å². The number of carbonyl (C=O) groups is 3. The zero-order valence-corrected chi connectivity index (χ0v) is 13.0. The summed E-state index contributed by atoms with van der Waals surface area (Å²) in [6, 6.07) is -4.49. The van der Waals surface area contributed by atoms with Gasteiger partial charge in [0.25, 0.3) is 0 Å². The maximum absolute atomic E-state index is 11.8. The van der Waals surface area contributed by atoms with Gasteiger partial charge >= 0.3 is 18.0 Å². The minimum absolute atomic E-state index is 0.0428. The van der Waals surface area contributed by atoms with Crippen molar-refractivity contribution < 1.29 is 39.3 Å². The van der Waals surface area contributed by atoms with Crippen LogP contribution in [0.3, 0.4) is 0 Å². The standard InChI is InChI=1S/C12H19N5O8/c13-5(3-18)9-16-10(25-17-9)6(1-2-8(20)21)14-12(24)15-7(4-19)11(22)23/h5-7,18-19H,1-4,13H2,(H,20,21)(H,22,23)(H2,14,15,24). The minimum Gasteiger partial charge on any atom is -0.481 e. The lowest BCUT2D eigenvalue weighted by Gasteiger charge is -2.17. The van der Waals surface area contributed by atoms with Crippen molar-refractivity contribution in [2.24, 2.45) is 5.73 Å². The number of nitrogens with one attached hydrogen (secondary N) is 2. The second-order valence-electron chi connectivity index (χ2n) is 4.96. The van der Waals surface area contributed by atoms with Gasteiger partial charge in [-0.15, -0.1) is 0 Å². The van der Waals surface area contributed by atoms with Crippen LogP contribution < -0.4 is 16.4 Å². The van der Waals surface area contributed by atoms with E-state index in [1.807, 2.05) is 5.32 Å². The number of hydrogen-bond donors (Lipinski definition) is 7. The highest BCUT2D eigenvalue weighted by molar-refractivity contribution is 5.82. The van der Waals surface area contributed by atoms with Gasteiger partial charge < -0.3 is 41.3 Å². The molecule has 8 N–H and O–H groups in total. The molecule has 1 heterocycles. The van der Waals surface area contributed by atoms with Crippen molar-refractivity contribution in [2.75, 3.05) is 13.2 Å². The van der Waals surface area contributed by atoms with Gasteiger partial charge in [0.1, 0.15) is 6.04 Å². The van der Waals surface area contributed by atoms with Crippen molar-refractivity contribution in [2.45, 2.75) is 31.0 Å². The van der Waals surface area contributed by atoms with Crippen molar-refractivity contribution in [3.8, 4) is 0 Å². The van der Waals surface area contributed by atoms with E-state index < -0.39 is 49.3 Å². The molecule has 0 fully saturated rings. The van der Waals surface area contributed by atoms with Crippen molar-refractivity contribution in [1.82, 2.24) is 20.8 Å². The Balaban J connectivity index is 2.85. The molecular formula is C12H19N5O8. The summed E-state index contributed by atoms with van der Waals surface area (Å²) in [6.45, 7) is -1.29. The van der Waals surface area contributed by atoms with Crippen LogP contribution in [0, 0.1) is 0 Å². The largest absolute Gasteiger partial charge is 0.481 e. The first-order valence-electron chi connectivity index (χ1n) is 7.10. The molecule has 13 heteroatoms. The van der Waals surface area contributed by atoms with Crippen LogP contribution >= 0.6 is 0 Å². The number of hydrogen-bond acceptors (Lipinski definition) is 9. The number of rotatable bonds is 10. The molecule has 2 amide bonds. The highest BCUT2D eigenvalue weighted by atomic mass is 16.5. The van der Waals surface area contributed by atoms with E-state index in [1.54, 1.807) is 0 Å². The fourth-order valence-electron chi connectivity index (χ4n) is 1.69. The third kappa shape index (κ3) is 6.33. The summed E-state index contributed by atoms with van der Waals surface area (Å²) in [7, 11) is 0. The summed E-state index contributed by atoms with van der Waals surface area (Å²) >= 11 is 0. The Kier molecular flexibility index (Phi) is 7.71. The average molecular weight is 361 g/mol. The summed E-state index contributed by atoms with van der Waals surface area (Å²) in [5.41, 5.74) is 5.53. The molecular weight excluding hydrogens is 342 g/mol. The summed E-state index contributed by atoms with van der Waals surface area (Å²) in [5, 5.41) is 43.2. The van der Waals surface area contributed by atoms with Crippen LogP contribution in [0.1, 0.15) is 36.6 Å². The van der Waals surface area contributed by atoms with Gasteiger partial charge in [0, 0.05) is 6.42 Å². The third-order valence-corrected chi connectivity index (χ3v) is 3.02. The SMILES string of the molecule is NC(CO)c1noc(C(CCC(=O)O)NC(=O)NC(CO)C(=O)O)n1. The van der Waals surface area contributed by atoms with Gasteiger partial charge in [0.05, 0.1) is 19.3 Å². The Morgan fingerprint density at radius 2 is 1.84 bits per heavy atom. The smallest absolute Gasteiger partial charge is 0.328 e. The predicted molar refractivity (Wildman–Crippen MR) is 78.1 cm³/mol. The van der Waals surface area contributed by atoms with Crippen LogP contribution in [0.15, 0.2) is 4.52 Å². The number of carbonyl (C=O) groups excluding carboxylic acids is 1. The Morgan fingerprint density at radius 1 is 1.16 bits per heavy atom. The fourth-order valence-corrected chi connectivity index (χ4v) is 1.69. The molecule has 140 valence electrons. The Hall–Kier alpha value is -2.77. The van der Waals surface area contributed by atoms with Gasteiger partial charge in [-0.25, -0.2) is 9.59 Å². The molecule has 1 aromatic rings. The molecule has 0 saturated heterocycles. The van der Waals surface area contributed by atoms with Crippen molar-refractivity contribution in [3.05, 3.63) is 11.7 Å². The molecule has 0 radical (unpaired) electrons. The van der Waals surface area contributed by atoms with Gasteiger partial charge in [0.2, 0.25) is 5.89 Å². The Labute approximate surface area is 140 Å². The predicted octanol–water partition coefficient (Wildman–Crippen LogP) is -2.29. The second-order valence-corrected chi connectivity index (χ2v) is 4.96. The zero-order chi connectivity index (χ0) is 19.0. The maximum Gasteiger partial charge on any atom is 0.328 e. The molecule has 3 unspecified atom stereocenters. The number of carboxylic acid groups (broad SMARTS) is 2. The summed E-state index contributed by atoms with van der Waals surface area (Å²) < 4.78 is 4.91. The molecule has 3 atom stereocenters. The van der Waals surface area contributed by atoms with Crippen LogP contribution in [0.2, 0.25) is 0 Å². The summed E-state index contributed by atoms with van der Waals surface area (Å²) in [4.78, 5) is 37.3. The van der Waals surface area contributed by atoms with E-state index in [4.69, 9.17) is 30.7 Å². The molecule has 13 nitrogen and oxygen atoms in total. The van der Waals surface area contributed by atoms with Crippen molar-refractivity contribution in [1.29, 1.82) is 0 Å². The van der Waals surface area contributed by atoms with Crippen LogP contribution in [0.4, 0.5) is 4.79 Å². The zero-order valence-electron chi connectivity index (χ0n) is 13.0. The molecule has 1 rings (SSSR count). The van der Waals surface area contributed by atoms with Gasteiger partial charge in [0.15, 0.2) is 11.9 Å². The van der Waals surface area contributed by atoms with Gasteiger partial charge in [-0.2, -0.15) is 4.98 Å². The number of nitrogens with zero attached hydrogens (tertiary/aromatic N) is 2. The van der Waals surface area contributed by atoms with E-state index in [0.717, 1.165) is 0 Å². The number of amides is 2. The highest BCUT2D eigenvalue weighted by Gasteiger charge is 2.26. The topological polar surface area (TPSA) is 221 Å². The lowest BCUT2D eigenvalue weighted by atomic mass is 10.1. The number of aliphatic hydroxyl groups excluding tert-OH is 2. The Bertz CT molecular complexity index is 606. The molecule has 0 aliphatic carbocycles. The molecule has 0 bridgehead atoms. The quantitative estimate of drug-likeness (QED) is 0.235. The number of nitrogens with two attached hydrogens (primary N) is 1. The maximum atomic E-state index is 11.8. The number of aromatic nitrogens is 2. The summed E-state index contributed by atoms with van der Waals surface area (Å²) in [6.07, 6.45) is -0.479. The van der Waals surface area contributed by atoms with Crippen LogP contribution in [0.25, 0.3) is 0 Å². The number of aliphatic hydroxyl groups is 2. The number of carboxylic acids is 2. The fraction of sp³-hybridized carbons (Fsp3) is 0.583. The monoisotopic (exact) mass is 361 g/mol. The Morgan fingerprint density at radius 3 is 2.36 bits per heavy atom. The third-order valence-electron chi connectivity index (χ3n) is 3.02. The molecule has 1 aromatic heterocycles. The van der Waals surface area contributed by atoms with E-state index in [9.17, 15) is 14.4 Å². The summed E-state index contributed by atoms with van der Waals surface area (Å²) in [5.74, 6) is -2.79. The molecule has 0 aliphatic heterocycles. The number of urea groups is 1. The first-order valence-corrected chi connectivity index (χ1v) is 7.10.